The Bertz CT molecular complexity index is 880. The van der Waals surface area contributed by atoms with Gasteiger partial charge in [0.1, 0.15) is 11.9 Å². The van der Waals surface area contributed by atoms with Gasteiger partial charge in [-0.15, -0.1) is 0 Å². The van der Waals surface area contributed by atoms with E-state index in [4.69, 9.17) is 0 Å². The van der Waals surface area contributed by atoms with E-state index in [1.165, 1.54) is 18.2 Å². The van der Waals surface area contributed by atoms with E-state index in [0.717, 1.165) is 5.56 Å². The lowest BCUT2D eigenvalue weighted by Gasteiger charge is -2.20. The van der Waals surface area contributed by atoms with E-state index >= 15 is 0 Å². The maximum absolute atomic E-state index is 13.7. The number of amides is 1. The van der Waals surface area contributed by atoms with Crippen molar-refractivity contribution in [2.75, 3.05) is 0 Å². The molecule has 0 bridgehead atoms. The second-order valence-corrected chi connectivity index (χ2v) is 8.64. The summed E-state index contributed by atoms with van der Waals surface area (Å²) in [6, 6.07) is 11.6. The summed E-state index contributed by atoms with van der Waals surface area (Å²) in [5.41, 5.74) is 1.28. The summed E-state index contributed by atoms with van der Waals surface area (Å²) in [6.45, 7) is 5.66. The van der Waals surface area contributed by atoms with Crippen molar-refractivity contribution in [3.8, 4) is 0 Å². The predicted molar refractivity (Wildman–Crippen MR) is 103 cm³/mol. The van der Waals surface area contributed by atoms with Crippen LogP contribution in [0.5, 0.6) is 0 Å². The smallest absolute Gasteiger partial charge is 0.241 e. The third-order valence-electron chi connectivity index (χ3n) is 4.06. The predicted octanol–water partition coefficient (Wildman–Crippen LogP) is 3.14. The summed E-state index contributed by atoms with van der Waals surface area (Å²) >= 11 is 0. The standard InChI is InChI=1S/C20H25FN2O3S/c1-14(2)12-19(20(24)22-13-16-6-4-5-7-18(16)21)23-27(25,26)17-10-8-15(3)9-11-17/h4-11,14,19,23H,12-13H2,1-3H3,(H,22,24). The molecular formula is C20H25FN2O3S. The number of aryl methyl sites for hydroxylation is 1. The van der Waals surface area contributed by atoms with Crippen LogP contribution in [0.3, 0.4) is 0 Å². The molecule has 2 aromatic carbocycles. The van der Waals surface area contributed by atoms with Gasteiger partial charge in [0.2, 0.25) is 15.9 Å². The van der Waals surface area contributed by atoms with E-state index in [1.54, 1.807) is 30.3 Å². The Kier molecular flexibility index (Phi) is 7.10. The summed E-state index contributed by atoms with van der Waals surface area (Å²) in [4.78, 5) is 12.7. The number of hydrogen-bond donors (Lipinski definition) is 2. The van der Waals surface area contributed by atoms with Crippen molar-refractivity contribution in [2.24, 2.45) is 5.92 Å². The Hall–Kier alpha value is -2.25. The number of benzene rings is 2. The van der Waals surface area contributed by atoms with Gasteiger partial charge in [-0.25, -0.2) is 12.8 Å². The summed E-state index contributed by atoms with van der Waals surface area (Å²) in [5.74, 6) is -0.809. The SMILES string of the molecule is Cc1ccc(S(=O)(=O)NC(CC(C)C)C(=O)NCc2ccccc2F)cc1. The van der Waals surface area contributed by atoms with Gasteiger partial charge < -0.3 is 5.32 Å². The highest BCUT2D eigenvalue weighted by molar-refractivity contribution is 7.89. The Morgan fingerprint density at radius 2 is 1.70 bits per heavy atom. The van der Waals surface area contributed by atoms with Crippen molar-refractivity contribution >= 4 is 15.9 Å². The number of nitrogens with one attached hydrogen (secondary N) is 2. The second kappa shape index (κ2) is 9.10. The van der Waals surface area contributed by atoms with Crippen molar-refractivity contribution in [1.82, 2.24) is 10.0 Å². The number of hydrogen-bond acceptors (Lipinski definition) is 3. The lowest BCUT2D eigenvalue weighted by atomic mass is 10.0. The molecule has 0 aliphatic rings. The van der Waals surface area contributed by atoms with Crippen molar-refractivity contribution in [1.29, 1.82) is 0 Å². The molecule has 1 atom stereocenters. The fraction of sp³-hybridized carbons (Fsp3) is 0.350. The maximum atomic E-state index is 13.7. The minimum atomic E-state index is -3.84. The topological polar surface area (TPSA) is 75.3 Å². The number of rotatable bonds is 8. The van der Waals surface area contributed by atoms with E-state index in [1.807, 2.05) is 20.8 Å². The highest BCUT2D eigenvalue weighted by Gasteiger charge is 2.26. The van der Waals surface area contributed by atoms with Crippen LogP contribution in [0, 0.1) is 18.7 Å². The second-order valence-electron chi connectivity index (χ2n) is 6.93. The third kappa shape index (κ3) is 6.15. The van der Waals surface area contributed by atoms with Gasteiger partial charge in [0.25, 0.3) is 0 Å². The van der Waals surface area contributed by atoms with Crippen LogP contribution in [0.25, 0.3) is 0 Å². The molecule has 0 fully saturated rings. The van der Waals surface area contributed by atoms with Crippen LogP contribution in [0.1, 0.15) is 31.4 Å². The molecule has 0 radical (unpaired) electrons. The van der Waals surface area contributed by atoms with E-state index < -0.39 is 27.8 Å². The van der Waals surface area contributed by atoms with E-state index in [0.29, 0.717) is 12.0 Å². The first-order valence-corrected chi connectivity index (χ1v) is 10.3. The summed E-state index contributed by atoms with van der Waals surface area (Å²) in [7, 11) is -3.84. The van der Waals surface area contributed by atoms with Crippen molar-refractivity contribution in [2.45, 2.75) is 44.7 Å². The lowest BCUT2D eigenvalue weighted by molar-refractivity contribution is -0.123. The van der Waals surface area contributed by atoms with Crippen LogP contribution >= 0.6 is 0 Å². The van der Waals surface area contributed by atoms with Gasteiger partial charge in [0, 0.05) is 12.1 Å². The Morgan fingerprint density at radius 3 is 2.30 bits per heavy atom. The highest BCUT2D eigenvalue weighted by Crippen LogP contribution is 2.14. The first-order valence-electron chi connectivity index (χ1n) is 8.79. The van der Waals surface area contributed by atoms with Gasteiger partial charge in [-0.1, -0.05) is 49.7 Å². The summed E-state index contributed by atoms with van der Waals surface area (Å²) in [6.07, 6.45) is 0.328. The van der Waals surface area contributed by atoms with Crippen molar-refractivity contribution in [3.05, 3.63) is 65.5 Å². The van der Waals surface area contributed by atoms with Gasteiger partial charge in [-0.3, -0.25) is 4.79 Å². The normalized spacial score (nSPS) is 12.8. The molecule has 1 amide bonds. The monoisotopic (exact) mass is 392 g/mol. The number of carbonyl (C=O) groups is 1. The molecule has 1 unspecified atom stereocenters. The zero-order valence-corrected chi connectivity index (χ0v) is 16.5. The fourth-order valence-electron chi connectivity index (χ4n) is 2.60. The third-order valence-corrected chi connectivity index (χ3v) is 5.55. The van der Waals surface area contributed by atoms with Gasteiger partial charge in [-0.2, -0.15) is 4.72 Å². The van der Waals surface area contributed by atoms with Crippen LogP contribution in [0.15, 0.2) is 53.4 Å². The molecule has 146 valence electrons. The van der Waals surface area contributed by atoms with Gasteiger partial charge >= 0.3 is 0 Å². The average Bonchev–Trinajstić information content (AvgIpc) is 2.60. The summed E-state index contributed by atoms with van der Waals surface area (Å²) in [5, 5.41) is 2.62. The van der Waals surface area contributed by atoms with Crippen molar-refractivity contribution < 1.29 is 17.6 Å². The van der Waals surface area contributed by atoms with Crippen LogP contribution in [0.4, 0.5) is 4.39 Å². The zero-order valence-electron chi connectivity index (χ0n) is 15.7. The number of sulfonamides is 1. The largest absolute Gasteiger partial charge is 0.351 e. The Morgan fingerprint density at radius 1 is 1.07 bits per heavy atom. The molecule has 7 heteroatoms. The maximum Gasteiger partial charge on any atom is 0.241 e. The van der Waals surface area contributed by atoms with Gasteiger partial charge in [-0.05, 0) is 37.5 Å². The lowest BCUT2D eigenvalue weighted by Crippen LogP contribution is -2.47. The molecule has 2 aromatic rings. The molecule has 0 spiro atoms. The fourth-order valence-corrected chi connectivity index (χ4v) is 3.81. The zero-order chi connectivity index (χ0) is 20.0. The average molecular weight is 392 g/mol. The molecule has 2 N–H and O–H groups in total. The minimum Gasteiger partial charge on any atom is -0.351 e. The Labute approximate surface area is 160 Å². The van der Waals surface area contributed by atoms with Crippen molar-refractivity contribution in [3.63, 3.8) is 0 Å². The molecule has 0 aliphatic carbocycles. The molecule has 27 heavy (non-hydrogen) atoms. The van der Waals surface area contributed by atoms with Crippen LogP contribution in [-0.2, 0) is 21.4 Å². The molecule has 0 saturated heterocycles. The van der Waals surface area contributed by atoms with Gasteiger partial charge in [0.15, 0.2) is 0 Å². The minimum absolute atomic E-state index is 0.00758. The molecule has 0 heterocycles. The molecule has 5 nitrogen and oxygen atoms in total. The molecule has 2 rings (SSSR count). The molecular weight excluding hydrogens is 367 g/mol. The highest BCUT2D eigenvalue weighted by atomic mass is 32.2. The molecule has 0 aromatic heterocycles. The number of halogens is 1. The first-order chi connectivity index (χ1) is 12.7. The van der Waals surface area contributed by atoms with Crippen LogP contribution in [-0.4, -0.2) is 20.4 Å². The number of carbonyl (C=O) groups excluding carboxylic acids is 1. The van der Waals surface area contributed by atoms with Gasteiger partial charge in [0.05, 0.1) is 4.90 Å². The van der Waals surface area contributed by atoms with E-state index in [9.17, 15) is 17.6 Å². The van der Waals surface area contributed by atoms with E-state index in [2.05, 4.69) is 10.0 Å². The Balaban J connectivity index is 2.12. The first kappa shape index (κ1) is 21.1. The van der Waals surface area contributed by atoms with Crippen LogP contribution in [0.2, 0.25) is 0 Å². The van der Waals surface area contributed by atoms with E-state index in [-0.39, 0.29) is 17.4 Å². The molecule has 0 saturated carbocycles. The quantitative estimate of drug-likeness (QED) is 0.725. The van der Waals surface area contributed by atoms with Crippen LogP contribution < -0.4 is 10.0 Å². The molecule has 0 aliphatic heterocycles. The summed E-state index contributed by atoms with van der Waals surface area (Å²) < 4.78 is 41.4.